The van der Waals surface area contributed by atoms with Gasteiger partial charge in [0.15, 0.2) is 11.6 Å². The third kappa shape index (κ3) is 3.17. The van der Waals surface area contributed by atoms with Gasteiger partial charge in [0.25, 0.3) is 0 Å². The quantitative estimate of drug-likeness (QED) is 0.794. The molecule has 3 rings (SSSR count). The molecule has 1 fully saturated rings. The monoisotopic (exact) mass is 338 g/mol. The van der Waals surface area contributed by atoms with Crippen molar-refractivity contribution >= 4 is 22.8 Å². The summed E-state index contributed by atoms with van der Waals surface area (Å²) in [6.07, 6.45) is 2.41. The smallest absolute Gasteiger partial charge is 0.227 e. The average molecular weight is 339 g/mol. The molecule has 0 spiro atoms. The van der Waals surface area contributed by atoms with Crippen LogP contribution in [0.15, 0.2) is 6.20 Å². The summed E-state index contributed by atoms with van der Waals surface area (Å²) < 4.78 is 15.5. The number of hydrogen-bond donors (Lipinski definition) is 0. The summed E-state index contributed by atoms with van der Waals surface area (Å²) in [5.74, 6) is 0.889. The first kappa shape index (κ1) is 15.8. The number of halogens is 2. The van der Waals surface area contributed by atoms with E-state index in [0.717, 1.165) is 6.20 Å². The number of rotatable bonds is 3. The van der Waals surface area contributed by atoms with Gasteiger partial charge in [0.05, 0.1) is 6.20 Å². The van der Waals surface area contributed by atoms with Crippen molar-refractivity contribution in [2.24, 2.45) is 5.92 Å². The van der Waals surface area contributed by atoms with Crippen molar-refractivity contribution in [3.63, 3.8) is 0 Å². The predicted molar refractivity (Wildman–Crippen MR) is 82.2 cm³/mol. The van der Waals surface area contributed by atoms with E-state index in [1.165, 1.54) is 4.68 Å². The van der Waals surface area contributed by atoms with Crippen molar-refractivity contribution in [3.8, 4) is 5.82 Å². The van der Waals surface area contributed by atoms with Gasteiger partial charge in [-0.15, -0.1) is 5.10 Å². The number of piperidine rings is 1. The molecule has 0 unspecified atom stereocenters. The van der Waals surface area contributed by atoms with Gasteiger partial charge in [-0.05, 0) is 38.3 Å². The van der Waals surface area contributed by atoms with E-state index in [1.807, 2.05) is 4.90 Å². The highest BCUT2D eigenvalue weighted by molar-refractivity contribution is 6.64. The minimum atomic E-state index is -0.562. The largest absolute Gasteiger partial charge is 0.341 e. The number of carbonyl (C=O) groups is 1. The van der Waals surface area contributed by atoms with Gasteiger partial charge in [-0.1, -0.05) is 0 Å². The molecule has 7 nitrogen and oxygen atoms in total. The molecule has 0 aromatic carbocycles. The van der Waals surface area contributed by atoms with Gasteiger partial charge in [-0.3, -0.25) is 4.79 Å². The van der Waals surface area contributed by atoms with Gasteiger partial charge in [-0.25, -0.2) is 14.4 Å². The van der Waals surface area contributed by atoms with Crippen molar-refractivity contribution in [3.05, 3.63) is 23.7 Å². The van der Waals surface area contributed by atoms with E-state index >= 15 is 0 Å². The number of aromatic nitrogens is 5. The van der Waals surface area contributed by atoms with Crippen molar-refractivity contribution in [1.29, 1.82) is 0 Å². The average Bonchev–Trinajstić information content (AvgIpc) is 2.86. The fourth-order valence-electron chi connectivity index (χ4n) is 2.68. The lowest BCUT2D eigenvalue weighted by atomic mass is 9.99. The molecule has 0 N–H and O–H groups in total. The molecule has 122 valence electrons. The molecule has 3 heterocycles. The molecule has 0 aliphatic carbocycles. The Bertz CT molecular complexity index is 741. The van der Waals surface area contributed by atoms with E-state index in [1.54, 1.807) is 13.8 Å². The topological polar surface area (TPSA) is 76.8 Å². The second kappa shape index (κ2) is 6.19. The first-order valence-electron chi connectivity index (χ1n) is 7.33. The first-order chi connectivity index (χ1) is 11.0. The lowest BCUT2D eigenvalue weighted by Crippen LogP contribution is -2.36. The van der Waals surface area contributed by atoms with Gasteiger partial charge >= 0.3 is 0 Å². The van der Waals surface area contributed by atoms with Crippen molar-refractivity contribution in [2.45, 2.75) is 26.7 Å². The van der Waals surface area contributed by atoms with Crippen LogP contribution in [-0.4, -0.2) is 43.1 Å². The number of aryl methyl sites for hydroxylation is 2. The summed E-state index contributed by atoms with van der Waals surface area (Å²) in [4.78, 5) is 25.6. The molecule has 0 amide bonds. The first-order valence-corrected chi connectivity index (χ1v) is 7.71. The highest BCUT2D eigenvalue weighted by Gasteiger charge is 2.26. The summed E-state index contributed by atoms with van der Waals surface area (Å²) in [5.41, 5.74) is 0. The van der Waals surface area contributed by atoms with Crippen LogP contribution in [0.25, 0.3) is 5.82 Å². The third-order valence-electron chi connectivity index (χ3n) is 3.89. The lowest BCUT2D eigenvalue weighted by molar-refractivity contribution is -0.115. The Kier molecular flexibility index (Phi) is 4.25. The molecule has 9 heteroatoms. The molecule has 1 aliphatic rings. The van der Waals surface area contributed by atoms with Crippen LogP contribution >= 0.6 is 11.6 Å². The maximum atomic E-state index is 14.1. The summed E-state index contributed by atoms with van der Waals surface area (Å²) >= 11 is 5.54. The fraction of sp³-hybridized carbons (Fsp3) is 0.500. The van der Waals surface area contributed by atoms with Crippen LogP contribution < -0.4 is 4.90 Å². The molecule has 2 aromatic heterocycles. The highest BCUT2D eigenvalue weighted by atomic mass is 35.5. The van der Waals surface area contributed by atoms with Crippen LogP contribution in [-0.2, 0) is 4.79 Å². The molecule has 1 aliphatic heterocycles. The standard InChI is InChI=1S/C14H16ClFN6O/c1-8-18-9(2)22(20-8)13-11(16)7-17-14(19-13)21-5-3-10(4-6-21)12(15)23/h7,10H,3-6H2,1-2H3. The molecular weight excluding hydrogens is 323 g/mol. The maximum Gasteiger partial charge on any atom is 0.227 e. The maximum absolute atomic E-state index is 14.1. The van der Waals surface area contributed by atoms with Crippen molar-refractivity contribution < 1.29 is 9.18 Å². The Labute approximate surface area is 137 Å². The van der Waals surface area contributed by atoms with Gasteiger partial charge < -0.3 is 4.90 Å². The summed E-state index contributed by atoms with van der Waals surface area (Å²) in [6, 6.07) is 0. The predicted octanol–water partition coefficient (Wildman–Crippen LogP) is 1.80. The Balaban J connectivity index is 1.87. The molecule has 0 saturated carbocycles. The van der Waals surface area contributed by atoms with Gasteiger partial charge in [0.1, 0.15) is 11.6 Å². The molecular formula is C14H16ClFN6O. The Hall–Kier alpha value is -2.09. The zero-order chi connectivity index (χ0) is 16.6. The minimum absolute atomic E-state index is 0.0728. The Morgan fingerprint density at radius 3 is 2.57 bits per heavy atom. The molecule has 0 radical (unpaired) electrons. The molecule has 2 aromatic rings. The van der Waals surface area contributed by atoms with Crippen LogP contribution in [0.1, 0.15) is 24.5 Å². The van der Waals surface area contributed by atoms with E-state index in [4.69, 9.17) is 11.6 Å². The lowest BCUT2D eigenvalue weighted by Gasteiger charge is -2.30. The van der Waals surface area contributed by atoms with Gasteiger partial charge in [0, 0.05) is 19.0 Å². The number of hydrogen-bond acceptors (Lipinski definition) is 6. The summed E-state index contributed by atoms with van der Waals surface area (Å²) in [6.45, 7) is 4.67. The van der Waals surface area contributed by atoms with E-state index in [2.05, 4.69) is 20.1 Å². The second-order valence-corrected chi connectivity index (χ2v) is 5.90. The zero-order valence-corrected chi connectivity index (χ0v) is 13.6. The molecule has 0 bridgehead atoms. The third-order valence-corrected chi connectivity index (χ3v) is 4.20. The molecule has 23 heavy (non-hydrogen) atoms. The SMILES string of the molecule is Cc1nc(C)n(-c2nc(N3CCC(C(=O)Cl)CC3)ncc2F)n1. The van der Waals surface area contributed by atoms with Crippen molar-refractivity contribution in [1.82, 2.24) is 24.7 Å². The van der Waals surface area contributed by atoms with Gasteiger partial charge in [0.2, 0.25) is 11.2 Å². The Morgan fingerprint density at radius 1 is 1.30 bits per heavy atom. The van der Waals surface area contributed by atoms with E-state index in [-0.39, 0.29) is 17.0 Å². The number of nitrogens with zero attached hydrogens (tertiary/aromatic N) is 6. The van der Waals surface area contributed by atoms with E-state index in [9.17, 15) is 9.18 Å². The van der Waals surface area contributed by atoms with Crippen LogP contribution in [0, 0.1) is 25.6 Å². The van der Waals surface area contributed by atoms with Crippen LogP contribution in [0.2, 0.25) is 0 Å². The van der Waals surface area contributed by atoms with Crippen LogP contribution in [0.3, 0.4) is 0 Å². The van der Waals surface area contributed by atoms with Crippen LogP contribution in [0.5, 0.6) is 0 Å². The van der Waals surface area contributed by atoms with E-state index < -0.39 is 5.82 Å². The number of anilines is 1. The van der Waals surface area contributed by atoms with Crippen molar-refractivity contribution in [2.75, 3.05) is 18.0 Å². The van der Waals surface area contributed by atoms with E-state index in [0.29, 0.717) is 43.5 Å². The second-order valence-electron chi connectivity index (χ2n) is 5.53. The fourth-order valence-corrected chi connectivity index (χ4v) is 2.90. The molecule has 0 atom stereocenters. The Morgan fingerprint density at radius 2 is 2.00 bits per heavy atom. The minimum Gasteiger partial charge on any atom is -0.341 e. The summed E-state index contributed by atoms with van der Waals surface area (Å²) in [5, 5.41) is 3.85. The molecule has 1 saturated heterocycles. The van der Waals surface area contributed by atoms with Gasteiger partial charge in [-0.2, -0.15) is 9.67 Å². The highest BCUT2D eigenvalue weighted by Crippen LogP contribution is 2.23. The summed E-state index contributed by atoms with van der Waals surface area (Å²) in [7, 11) is 0. The number of carbonyl (C=O) groups excluding carboxylic acids is 1. The normalized spacial score (nSPS) is 15.9. The zero-order valence-electron chi connectivity index (χ0n) is 12.8. The van der Waals surface area contributed by atoms with Crippen LogP contribution in [0.4, 0.5) is 10.3 Å².